The summed E-state index contributed by atoms with van der Waals surface area (Å²) < 4.78 is 24.4. The molecule has 0 unspecified atom stereocenters. The Kier molecular flexibility index (Phi) is 4.31. The van der Waals surface area contributed by atoms with Crippen LogP contribution in [0.25, 0.3) is 0 Å². The first-order chi connectivity index (χ1) is 9.02. The first-order valence-electron chi connectivity index (χ1n) is 5.67. The summed E-state index contributed by atoms with van der Waals surface area (Å²) in [5.41, 5.74) is 2.52. The fourth-order valence-electron chi connectivity index (χ4n) is 1.63. The van der Waals surface area contributed by atoms with E-state index in [0.29, 0.717) is 22.6 Å². The number of halogens is 2. The van der Waals surface area contributed by atoms with Crippen molar-refractivity contribution in [1.29, 1.82) is 0 Å². The third-order valence-electron chi connectivity index (χ3n) is 2.32. The molecule has 0 spiro atoms. The number of rotatable bonds is 4. The first-order valence-corrected chi connectivity index (χ1v) is 6.55. The molecule has 3 nitrogen and oxygen atoms in total. The Bertz CT molecular complexity index is 538. The molecule has 1 heterocycles. The summed E-state index contributed by atoms with van der Waals surface area (Å²) in [5.74, 6) is -1.90. The summed E-state index contributed by atoms with van der Waals surface area (Å²) in [6, 6.07) is 8.62. The highest BCUT2D eigenvalue weighted by Crippen LogP contribution is 2.26. The summed E-state index contributed by atoms with van der Waals surface area (Å²) in [6.07, 6.45) is 0. The molecule has 0 saturated heterocycles. The van der Waals surface area contributed by atoms with Gasteiger partial charge < -0.3 is 5.32 Å². The van der Waals surface area contributed by atoms with Crippen molar-refractivity contribution >= 4 is 23.4 Å². The maximum absolute atomic E-state index is 12.2. The molecule has 1 aromatic carbocycles. The van der Waals surface area contributed by atoms with Crippen molar-refractivity contribution in [3.05, 3.63) is 41.7 Å². The van der Waals surface area contributed by atoms with Crippen molar-refractivity contribution in [3.8, 4) is 0 Å². The highest BCUT2D eigenvalue weighted by Gasteiger charge is 2.05. The van der Waals surface area contributed by atoms with Gasteiger partial charge in [-0.3, -0.25) is 0 Å². The molecule has 0 saturated carbocycles. The number of aromatic nitrogens is 2. The maximum atomic E-state index is 12.2. The molecule has 0 bridgehead atoms. The molecular formula is C13H13F2N3S. The first kappa shape index (κ1) is 13.7. The number of hydrogen-bond donors (Lipinski definition) is 1. The second-order valence-electron chi connectivity index (χ2n) is 4.00. The Balaban J connectivity index is 2.10. The number of anilines is 2. The number of hydrogen-bond acceptors (Lipinski definition) is 4. The third-order valence-corrected chi connectivity index (χ3v) is 3.04. The molecule has 6 heteroatoms. The summed E-state index contributed by atoms with van der Waals surface area (Å²) in [4.78, 5) is 9.03. The van der Waals surface area contributed by atoms with Crippen molar-refractivity contribution in [2.24, 2.45) is 0 Å². The molecule has 0 fully saturated rings. The zero-order chi connectivity index (χ0) is 13.8. The third kappa shape index (κ3) is 4.17. The average Bonchev–Trinajstić information content (AvgIpc) is 2.29. The fraction of sp³-hybridized carbons (Fsp3) is 0.231. The van der Waals surface area contributed by atoms with E-state index in [1.807, 2.05) is 19.9 Å². The van der Waals surface area contributed by atoms with Crippen molar-refractivity contribution in [2.45, 2.75) is 24.5 Å². The van der Waals surface area contributed by atoms with Crippen LogP contribution in [0, 0.1) is 13.8 Å². The van der Waals surface area contributed by atoms with Gasteiger partial charge in [-0.05, 0) is 44.2 Å². The van der Waals surface area contributed by atoms with Gasteiger partial charge in [0.05, 0.1) is 0 Å². The smallest absolute Gasteiger partial charge is 0.288 e. The van der Waals surface area contributed by atoms with Gasteiger partial charge in [-0.2, -0.15) is 8.78 Å². The number of nitrogens with one attached hydrogen (secondary N) is 1. The van der Waals surface area contributed by atoms with Gasteiger partial charge >= 0.3 is 0 Å². The Hall–Kier alpha value is -1.69. The minimum absolute atomic E-state index is 0.506. The van der Waals surface area contributed by atoms with E-state index in [2.05, 4.69) is 15.3 Å². The summed E-state index contributed by atoms with van der Waals surface area (Å²) in [7, 11) is 0. The van der Waals surface area contributed by atoms with Crippen molar-refractivity contribution in [2.75, 3.05) is 5.32 Å². The molecule has 0 radical (unpaired) electrons. The molecule has 1 N–H and O–H groups in total. The predicted octanol–water partition coefficient (Wildman–Crippen LogP) is 4.15. The van der Waals surface area contributed by atoms with Gasteiger partial charge in [0.2, 0.25) is 5.95 Å². The fourth-order valence-corrected chi connectivity index (χ4v) is 2.13. The number of nitrogens with zero attached hydrogens (tertiary/aromatic N) is 2. The molecule has 0 amide bonds. The van der Waals surface area contributed by atoms with Crippen molar-refractivity contribution in [1.82, 2.24) is 9.97 Å². The lowest BCUT2D eigenvalue weighted by atomic mass is 10.3. The quantitative estimate of drug-likeness (QED) is 0.854. The number of benzene rings is 1. The van der Waals surface area contributed by atoms with Crippen LogP contribution < -0.4 is 5.32 Å². The molecule has 1 aromatic heterocycles. The normalized spacial score (nSPS) is 10.8. The van der Waals surface area contributed by atoms with Gasteiger partial charge in [-0.25, -0.2) is 9.97 Å². The molecule has 100 valence electrons. The van der Waals surface area contributed by atoms with Crippen LogP contribution in [0.15, 0.2) is 35.2 Å². The van der Waals surface area contributed by atoms with E-state index in [9.17, 15) is 8.78 Å². The van der Waals surface area contributed by atoms with Gasteiger partial charge in [-0.1, -0.05) is 11.8 Å². The Morgan fingerprint density at radius 1 is 1.05 bits per heavy atom. The molecular weight excluding hydrogens is 268 g/mol. The lowest BCUT2D eigenvalue weighted by Crippen LogP contribution is -1.99. The van der Waals surface area contributed by atoms with Crippen LogP contribution in [0.3, 0.4) is 0 Å². The van der Waals surface area contributed by atoms with Gasteiger partial charge in [0, 0.05) is 22.0 Å². The van der Waals surface area contributed by atoms with Crippen LogP contribution in [0.4, 0.5) is 20.4 Å². The standard InChI is InChI=1S/C13H13F2N3S/c1-8-7-9(2)17-13(16-8)18-10-3-5-11(6-4-10)19-12(14)15/h3-7,12H,1-2H3,(H,16,17,18). The molecule has 0 aliphatic heterocycles. The zero-order valence-electron chi connectivity index (χ0n) is 10.5. The SMILES string of the molecule is Cc1cc(C)nc(Nc2ccc(SC(F)F)cc2)n1. The predicted molar refractivity (Wildman–Crippen MR) is 73.1 cm³/mol. The van der Waals surface area contributed by atoms with Crippen LogP contribution >= 0.6 is 11.8 Å². The van der Waals surface area contributed by atoms with Gasteiger partial charge in [-0.15, -0.1) is 0 Å². The summed E-state index contributed by atoms with van der Waals surface area (Å²) >= 11 is 0.526. The molecule has 0 atom stereocenters. The minimum atomic E-state index is -2.40. The Morgan fingerprint density at radius 3 is 2.16 bits per heavy atom. The highest BCUT2D eigenvalue weighted by molar-refractivity contribution is 7.99. The van der Waals surface area contributed by atoms with E-state index in [1.165, 1.54) is 0 Å². The minimum Gasteiger partial charge on any atom is -0.324 e. The second kappa shape index (κ2) is 5.97. The number of alkyl halides is 2. The Morgan fingerprint density at radius 2 is 1.63 bits per heavy atom. The van der Waals surface area contributed by atoms with Gasteiger partial charge in [0.25, 0.3) is 5.76 Å². The van der Waals surface area contributed by atoms with E-state index >= 15 is 0 Å². The van der Waals surface area contributed by atoms with Gasteiger partial charge in [0.15, 0.2) is 0 Å². The van der Waals surface area contributed by atoms with E-state index in [-0.39, 0.29) is 0 Å². The lowest BCUT2D eigenvalue weighted by Gasteiger charge is -2.07. The zero-order valence-corrected chi connectivity index (χ0v) is 11.3. The highest BCUT2D eigenvalue weighted by atomic mass is 32.2. The van der Waals surface area contributed by atoms with Crippen LogP contribution in [0.1, 0.15) is 11.4 Å². The van der Waals surface area contributed by atoms with Crippen LogP contribution in [0.2, 0.25) is 0 Å². The van der Waals surface area contributed by atoms with Crippen molar-refractivity contribution in [3.63, 3.8) is 0 Å². The molecule has 0 aliphatic rings. The number of aryl methyl sites for hydroxylation is 2. The van der Waals surface area contributed by atoms with Crippen LogP contribution in [-0.2, 0) is 0 Å². The Labute approximate surface area is 114 Å². The molecule has 2 rings (SSSR count). The van der Waals surface area contributed by atoms with Gasteiger partial charge in [0.1, 0.15) is 0 Å². The molecule has 0 aliphatic carbocycles. The van der Waals surface area contributed by atoms with E-state index in [4.69, 9.17) is 0 Å². The molecule has 2 aromatic rings. The maximum Gasteiger partial charge on any atom is 0.288 e. The largest absolute Gasteiger partial charge is 0.324 e. The van der Waals surface area contributed by atoms with Crippen molar-refractivity contribution < 1.29 is 8.78 Å². The van der Waals surface area contributed by atoms with E-state index in [0.717, 1.165) is 17.1 Å². The topological polar surface area (TPSA) is 37.8 Å². The second-order valence-corrected chi connectivity index (χ2v) is 5.07. The van der Waals surface area contributed by atoms with E-state index < -0.39 is 5.76 Å². The van der Waals surface area contributed by atoms with Crippen LogP contribution in [0.5, 0.6) is 0 Å². The monoisotopic (exact) mass is 281 g/mol. The van der Waals surface area contributed by atoms with Crippen LogP contribution in [-0.4, -0.2) is 15.7 Å². The summed E-state index contributed by atoms with van der Waals surface area (Å²) in [6.45, 7) is 3.78. The average molecular weight is 281 g/mol. The lowest BCUT2D eigenvalue weighted by molar-refractivity contribution is 0.252. The summed E-state index contributed by atoms with van der Waals surface area (Å²) in [5, 5.41) is 3.05. The number of thioether (sulfide) groups is 1. The van der Waals surface area contributed by atoms with E-state index in [1.54, 1.807) is 24.3 Å². The molecule has 19 heavy (non-hydrogen) atoms.